The van der Waals surface area contributed by atoms with Crippen LogP contribution in [0.4, 0.5) is 24.5 Å². The lowest BCUT2D eigenvalue weighted by molar-refractivity contribution is -0.384. The number of carboxylic acid groups (broad SMARTS) is 1. The summed E-state index contributed by atoms with van der Waals surface area (Å²) >= 11 is 0. The second-order valence-corrected chi connectivity index (χ2v) is 11.8. The van der Waals surface area contributed by atoms with Gasteiger partial charge in [0.25, 0.3) is 5.69 Å². The van der Waals surface area contributed by atoms with Crippen molar-refractivity contribution in [3.8, 4) is 0 Å². The first-order chi connectivity index (χ1) is 21.4. The number of likely N-dealkylation sites (tertiary alicyclic amines) is 1. The predicted octanol–water partition coefficient (Wildman–Crippen LogP) is 3.38. The highest BCUT2D eigenvalue weighted by Gasteiger charge is 2.48. The van der Waals surface area contributed by atoms with Gasteiger partial charge in [-0.25, -0.2) is 4.79 Å². The zero-order valence-electron chi connectivity index (χ0n) is 24.9. The van der Waals surface area contributed by atoms with E-state index < -0.39 is 40.0 Å². The van der Waals surface area contributed by atoms with Gasteiger partial charge in [-0.1, -0.05) is 18.2 Å². The van der Waals surface area contributed by atoms with E-state index in [4.69, 9.17) is 15.6 Å². The molecule has 2 aromatic carbocycles. The minimum atomic E-state index is -5.08. The average molecular weight is 647 g/mol. The third-order valence-electron chi connectivity index (χ3n) is 8.09. The van der Waals surface area contributed by atoms with Gasteiger partial charge in [-0.3, -0.25) is 24.5 Å². The first-order valence-corrected chi connectivity index (χ1v) is 14.3. The second kappa shape index (κ2) is 12.8. The molecule has 1 spiro atoms. The van der Waals surface area contributed by atoms with Gasteiger partial charge >= 0.3 is 12.1 Å². The molecule has 13 nitrogen and oxygen atoms in total. The van der Waals surface area contributed by atoms with Gasteiger partial charge in [0, 0.05) is 54.4 Å². The van der Waals surface area contributed by atoms with Crippen molar-refractivity contribution in [3.05, 3.63) is 69.9 Å². The fourth-order valence-electron chi connectivity index (χ4n) is 5.65. The highest BCUT2D eigenvalue weighted by molar-refractivity contribution is 6.06. The Morgan fingerprint density at radius 3 is 2.46 bits per heavy atom. The Kier molecular flexibility index (Phi) is 9.42. The number of non-ortho nitro benzene ring substituents is 1. The molecule has 0 aliphatic carbocycles. The van der Waals surface area contributed by atoms with Crippen LogP contribution in [0.3, 0.4) is 0 Å². The summed E-state index contributed by atoms with van der Waals surface area (Å²) in [6, 6.07) is 11.3. The van der Waals surface area contributed by atoms with Crippen LogP contribution < -0.4 is 16.4 Å². The summed E-state index contributed by atoms with van der Waals surface area (Å²) < 4.78 is 31.7. The number of fused-ring (bicyclic) bond motifs is 3. The molecule has 16 heteroatoms. The van der Waals surface area contributed by atoms with E-state index in [2.05, 4.69) is 15.6 Å². The number of nitro benzene ring substituents is 1. The maximum atomic E-state index is 13.9. The maximum absolute atomic E-state index is 13.9. The number of para-hydroxylation sites is 1. The van der Waals surface area contributed by atoms with Crippen LogP contribution >= 0.6 is 0 Å². The standard InChI is InChI=1S/C28H32N6O5.C2HF3O2/c1-27(2,29)25(36)32-23(14-17-16-30-21-7-4-3-6-19(17)21)24(35)33-12-5-10-28(11-13-33)20-15-18(34(38)39)8-9-22(20)31-26(28)37;3-2(4,5)1(6)7/h3-4,6-9,15-16,23,30H,5,10-14,29H2,1-2H3,(H,31,37)(H,32,36);(H,6,7)/t23-,28+;/m1./s1. The number of aromatic amines is 1. The number of alkyl halides is 3. The Labute approximate surface area is 260 Å². The van der Waals surface area contributed by atoms with Gasteiger partial charge in [-0.2, -0.15) is 13.2 Å². The number of halogens is 3. The zero-order valence-corrected chi connectivity index (χ0v) is 24.9. The van der Waals surface area contributed by atoms with Gasteiger partial charge < -0.3 is 31.4 Å². The first kappa shape index (κ1) is 33.9. The number of carboxylic acids is 1. The Bertz CT molecular complexity index is 1680. The number of benzene rings is 2. The molecule has 6 N–H and O–H groups in total. The molecule has 3 heterocycles. The number of carbonyl (C=O) groups is 4. The number of nitrogens with one attached hydrogen (secondary N) is 3. The van der Waals surface area contributed by atoms with Crippen LogP contribution in [0.25, 0.3) is 10.9 Å². The van der Waals surface area contributed by atoms with Crippen LogP contribution in [-0.4, -0.2) is 74.5 Å². The third kappa shape index (κ3) is 7.11. The van der Waals surface area contributed by atoms with Crippen LogP contribution in [0.5, 0.6) is 0 Å². The highest BCUT2D eigenvalue weighted by Crippen LogP contribution is 2.46. The molecule has 2 atom stereocenters. The van der Waals surface area contributed by atoms with Crippen molar-refractivity contribution >= 4 is 46.0 Å². The van der Waals surface area contributed by atoms with E-state index in [1.807, 2.05) is 30.5 Å². The highest BCUT2D eigenvalue weighted by atomic mass is 19.4. The number of amides is 3. The first-order valence-electron chi connectivity index (χ1n) is 14.3. The van der Waals surface area contributed by atoms with E-state index in [9.17, 15) is 37.7 Å². The Balaban J connectivity index is 0.000000617. The van der Waals surface area contributed by atoms with E-state index in [0.29, 0.717) is 37.1 Å². The molecule has 46 heavy (non-hydrogen) atoms. The lowest BCUT2D eigenvalue weighted by Gasteiger charge is -2.30. The summed E-state index contributed by atoms with van der Waals surface area (Å²) in [7, 11) is 0. The van der Waals surface area contributed by atoms with Gasteiger partial charge in [0.15, 0.2) is 0 Å². The fraction of sp³-hybridized carbons (Fsp3) is 0.400. The normalized spacial score (nSPS) is 18.6. The van der Waals surface area contributed by atoms with Gasteiger partial charge in [0.2, 0.25) is 17.7 Å². The van der Waals surface area contributed by atoms with Crippen LogP contribution in [-0.2, 0) is 31.0 Å². The minimum absolute atomic E-state index is 0.0762. The monoisotopic (exact) mass is 646 g/mol. The quantitative estimate of drug-likeness (QED) is 0.198. The lowest BCUT2D eigenvalue weighted by atomic mass is 9.75. The number of carbonyl (C=O) groups excluding carboxylic acids is 3. The molecular weight excluding hydrogens is 613 g/mol. The van der Waals surface area contributed by atoms with E-state index in [1.54, 1.807) is 24.8 Å². The predicted molar refractivity (Wildman–Crippen MR) is 160 cm³/mol. The van der Waals surface area contributed by atoms with Crippen LogP contribution in [0.2, 0.25) is 0 Å². The number of rotatable bonds is 6. The number of nitrogens with two attached hydrogens (primary N) is 1. The molecule has 1 aromatic heterocycles. The summed E-state index contributed by atoms with van der Waals surface area (Å²) in [5.74, 6) is -3.66. The number of nitrogens with zero attached hydrogens (tertiary/aromatic N) is 2. The van der Waals surface area contributed by atoms with Crippen molar-refractivity contribution in [1.29, 1.82) is 0 Å². The largest absolute Gasteiger partial charge is 0.490 e. The molecule has 2 aliphatic rings. The van der Waals surface area contributed by atoms with Crippen molar-refractivity contribution in [2.75, 3.05) is 18.4 Å². The van der Waals surface area contributed by atoms with E-state index in [0.717, 1.165) is 16.5 Å². The number of aliphatic carboxylic acids is 1. The molecule has 0 unspecified atom stereocenters. The summed E-state index contributed by atoms with van der Waals surface area (Å²) in [5, 5.41) is 25.2. The average Bonchev–Trinajstić information content (AvgIpc) is 3.40. The maximum Gasteiger partial charge on any atom is 0.490 e. The molecular formula is C30H33F3N6O7. The summed E-state index contributed by atoms with van der Waals surface area (Å²) in [4.78, 5) is 64.7. The second-order valence-electron chi connectivity index (χ2n) is 11.8. The molecule has 5 rings (SSSR count). The van der Waals surface area contributed by atoms with Gasteiger partial charge in [0.05, 0.1) is 15.9 Å². The van der Waals surface area contributed by atoms with Crippen molar-refractivity contribution in [1.82, 2.24) is 15.2 Å². The molecule has 246 valence electrons. The third-order valence-corrected chi connectivity index (χ3v) is 8.09. The fourth-order valence-corrected chi connectivity index (χ4v) is 5.65. The van der Waals surface area contributed by atoms with E-state index in [1.165, 1.54) is 12.1 Å². The topological polar surface area (TPSA) is 201 Å². The Morgan fingerprint density at radius 1 is 1.15 bits per heavy atom. The number of H-pyrrole nitrogens is 1. The smallest absolute Gasteiger partial charge is 0.475 e. The Morgan fingerprint density at radius 2 is 1.83 bits per heavy atom. The number of nitro groups is 1. The zero-order chi connectivity index (χ0) is 34.0. The van der Waals surface area contributed by atoms with Crippen molar-refractivity contribution < 1.29 is 42.4 Å². The van der Waals surface area contributed by atoms with Crippen LogP contribution in [0, 0.1) is 10.1 Å². The van der Waals surface area contributed by atoms with Crippen LogP contribution in [0.15, 0.2) is 48.7 Å². The number of hydrogen-bond donors (Lipinski definition) is 5. The molecule has 3 aromatic rings. The number of anilines is 1. The number of hydrogen-bond acceptors (Lipinski definition) is 7. The summed E-state index contributed by atoms with van der Waals surface area (Å²) in [6.07, 6.45) is -1.69. The molecule has 1 fully saturated rings. The van der Waals surface area contributed by atoms with Crippen LogP contribution in [0.1, 0.15) is 44.2 Å². The van der Waals surface area contributed by atoms with Crippen molar-refractivity contribution in [2.45, 2.75) is 62.7 Å². The number of aromatic nitrogens is 1. The molecule has 0 bridgehead atoms. The van der Waals surface area contributed by atoms with Gasteiger partial charge in [-0.05, 0) is 56.4 Å². The van der Waals surface area contributed by atoms with Crippen molar-refractivity contribution in [3.63, 3.8) is 0 Å². The van der Waals surface area contributed by atoms with Crippen molar-refractivity contribution in [2.24, 2.45) is 5.73 Å². The Hall–Kier alpha value is -4.99. The molecule has 0 saturated carbocycles. The minimum Gasteiger partial charge on any atom is -0.475 e. The summed E-state index contributed by atoms with van der Waals surface area (Å²) in [5.41, 5.74) is 6.82. The van der Waals surface area contributed by atoms with Gasteiger partial charge in [0.1, 0.15) is 6.04 Å². The van der Waals surface area contributed by atoms with E-state index >= 15 is 0 Å². The van der Waals surface area contributed by atoms with E-state index in [-0.39, 0.29) is 30.5 Å². The summed E-state index contributed by atoms with van der Waals surface area (Å²) in [6.45, 7) is 3.83. The molecule has 3 amide bonds. The van der Waals surface area contributed by atoms with Gasteiger partial charge in [-0.15, -0.1) is 0 Å². The lowest BCUT2D eigenvalue weighted by Crippen LogP contribution is -2.57. The molecule has 1 saturated heterocycles. The molecule has 2 aliphatic heterocycles. The SMILES string of the molecule is CC(C)(N)C(=O)N[C@H](Cc1c[nH]c2ccccc12)C(=O)N1CCC[C@@]2(CC1)C(=O)Nc1ccc([N+](=O)[O-])cc12.O=C(O)C(F)(F)F. The molecule has 0 radical (unpaired) electrons.